The van der Waals surface area contributed by atoms with Gasteiger partial charge >= 0.3 is 0 Å². The van der Waals surface area contributed by atoms with Crippen LogP contribution in [0.25, 0.3) is 0 Å². The Hall–Kier alpha value is -1.13. The molecule has 84 valence electrons. The van der Waals surface area contributed by atoms with Gasteiger partial charge in [-0.2, -0.15) is 0 Å². The van der Waals surface area contributed by atoms with Crippen LogP contribution < -0.4 is 4.74 Å². The summed E-state index contributed by atoms with van der Waals surface area (Å²) in [5, 5.41) is 8.75. The summed E-state index contributed by atoms with van der Waals surface area (Å²) in [5.41, 5.74) is 0.786. The molecular weight excluding hydrogens is 197 g/mol. The molecule has 0 bridgehead atoms. The van der Waals surface area contributed by atoms with Crippen LogP contribution in [0.15, 0.2) is 18.2 Å². The highest BCUT2D eigenvalue weighted by atomic mass is 19.1. The highest BCUT2D eigenvalue weighted by Gasteiger charge is 2.07. The Balaban J connectivity index is 2.77. The van der Waals surface area contributed by atoms with Gasteiger partial charge in [-0.05, 0) is 25.2 Å². The summed E-state index contributed by atoms with van der Waals surface area (Å²) < 4.78 is 18.1. The normalized spacial score (nSPS) is 10.7. The fraction of sp³-hybridized carbons (Fsp3) is 0.455. The topological polar surface area (TPSA) is 32.7 Å². The van der Waals surface area contributed by atoms with Gasteiger partial charge in [0.1, 0.15) is 11.6 Å². The van der Waals surface area contributed by atoms with Gasteiger partial charge < -0.3 is 9.84 Å². The number of halogens is 1. The molecule has 0 aromatic heterocycles. The molecule has 0 aliphatic heterocycles. The zero-order valence-electron chi connectivity index (χ0n) is 9.03. The van der Waals surface area contributed by atoms with Crippen LogP contribution in [0, 0.1) is 5.82 Å². The number of benzene rings is 1. The van der Waals surface area contributed by atoms with Gasteiger partial charge in [-0.3, -0.25) is 4.90 Å². The number of aliphatic hydroxyl groups excluding tert-OH is 1. The van der Waals surface area contributed by atoms with E-state index in [4.69, 9.17) is 9.84 Å². The van der Waals surface area contributed by atoms with Gasteiger partial charge in [-0.25, -0.2) is 4.39 Å². The molecule has 0 amide bonds. The summed E-state index contributed by atoms with van der Waals surface area (Å²) in [6.45, 7) is 1.20. The molecular formula is C11H16FNO2. The second-order valence-corrected chi connectivity index (χ2v) is 3.42. The minimum absolute atomic E-state index is 0.0914. The second-order valence-electron chi connectivity index (χ2n) is 3.42. The highest BCUT2D eigenvalue weighted by molar-refractivity contribution is 5.33. The summed E-state index contributed by atoms with van der Waals surface area (Å²) in [4.78, 5) is 1.90. The molecule has 4 heteroatoms. The van der Waals surface area contributed by atoms with E-state index < -0.39 is 0 Å². The van der Waals surface area contributed by atoms with Gasteiger partial charge in [0.05, 0.1) is 13.7 Å². The third kappa shape index (κ3) is 3.49. The molecule has 3 nitrogen and oxygen atoms in total. The molecule has 0 atom stereocenters. The molecule has 1 rings (SSSR count). The van der Waals surface area contributed by atoms with Crippen LogP contribution in [0.1, 0.15) is 5.56 Å². The first-order chi connectivity index (χ1) is 7.17. The molecule has 15 heavy (non-hydrogen) atoms. The van der Waals surface area contributed by atoms with Crippen molar-refractivity contribution in [3.8, 4) is 5.75 Å². The van der Waals surface area contributed by atoms with Crippen LogP contribution in [0.4, 0.5) is 4.39 Å². The molecule has 0 spiro atoms. The van der Waals surface area contributed by atoms with Crippen molar-refractivity contribution in [2.45, 2.75) is 6.54 Å². The van der Waals surface area contributed by atoms with Gasteiger partial charge in [0.15, 0.2) is 0 Å². The molecule has 1 aromatic rings. The van der Waals surface area contributed by atoms with E-state index in [1.165, 1.54) is 12.1 Å². The number of rotatable bonds is 5. The van der Waals surface area contributed by atoms with E-state index in [0.717, 1.165) is 5.56 Å². The zero-order chi connectivity index (χ0) is 11.3. The number of aliphatic hydroxyl groups is 1. The molecule has 1 N–H and O–H groups in total. The Kier molecular flexibility index (Phi) is 4.52. The molecule has 0 aliphatic carbocycles. The quantitative estimate of drug-likeness (QED) is 0.799. The van der Waals surface area contributed by atoms with Gasteiger partial charge in [0.25, 0.3) is 0 Å². The van der Waals surface area contributed by atoms with E-state index in [-0.39, 0.29) is 12.4 Å². The van der Waals surface area contributed by atoms with Crippen LogP contribution >= 0.6 is 0 Å². The molecule has 0 fully saturated rings. The largest absolute Gasteiger partial charge is 0.496 e. The fourth-order valence-corrected chi connectivity index (χ4v) is 1.41. The minimum Gasteiger partial charge on any atom is -0.496 e. The van der Waals surface area contributed by atoms with Crippen LogP contribution in [0.3, 0.4) is 0 Å². The lowest BCUT2D eigenvalue weighted by Crippen LogP contribution is -2.21. The SMILES string of the molecule is COc1ccc(F)cc1CN(C)CCO. The first-order valence-electron chi connectivity index (χ1n) is 4.79. The third-order valence-corrected chi connectivity index (χ3v) is 2.16. The lowest BCUT2D eigenvalue weighted by atomic mass is 10.2. The number of likely N-dealkylation sites (N-methyl/N-ethyl adjacent to an activating group) is 1. The average Bonchev–Trinajstić information content (AvgIpc) is 2.18. The number of methoxy groups -OCH3 is 1. The Bertz CT molecular complexity index is 317. The van der Waals surface area contributed by atoms with Crippen LogP contribution in [-0.4, -0.2) is 37.3 Å². The van der Waals surface area contributed by atoms with E-state index in [1.807, 2.05) is 11.9 Å². The summed E-state index contributed by atoms with van der Waals surface area (Å²) in [6.07, 6.45) is 0. The maximum atomic E-state index is 13.0. The summed E-state index contributed by atoms with van der Waals surface area (Å²) in [5.74, 6) is 0.393. The van der Waals surface area contributed by atoms with Crippen LogP contribution in [0.5, 0.6) is 5.75 Å². The Morgan fingerprint density at radius 1 is 1.47 bits per heavy atom. The molecule has 0 saturated heterocycles. The molecule has 0 aliphatic rings. The smallest absolute Gasteiger partial charge is 0.123 e. The van der Waals surface area contributed by atoms with Gasteiger partial charge in [-0.1, -0.05) is 0 Å². The van der Waals surface area contributed by atoms with Crippen LogP contribution in [-0.2, 0) is 6.54 Å². The van der Waals surface area contributed by atoms with Crippen molar-refractivity contribution >= 4 is 0 Å². The third-order valence-electron chi connectivity index (χ3n) is 2.16. The van der Waals surface area contributed by atoms with Crippen LogP contribution in [0.2, 0.25) is 0 Å². The molecule has 0 radical (unpaired) electrons. The van der Waals surface area contributed by atoms with E-state index >= 15 is 0 Å². The number of ether oxygens (including phenoxy) is 1. The summed E-state index contributed by atoms with van der Waals surface area (Å²) >= 11 is 0. The van der Waals surface area contributed by atoms with Crippen molar-refractivity contribution in [2.75, 3.05) is 27.3 Å². The van der Waals surface area contributed by atoms with E-state index in [9.17, 15) is 4.39 Å². The Morgan fingerprint density at radius 3 is 2.80 bits per heavy atom. The summed E-state index contributed by atoms with van der Waals surface area (Å²) in [6, 6.07) is 4.43. The molecule has 1 aromatic carbocycles. The lowest BCUT2D eigenvalue weighted by Gasteiger charge is -2.17. The van der Waals surface area contributed by atoms with Crippen molar-refractivity contribution in [1.29, 1.82) is 0 Å². The van der Waals surface area contributed by atoms with Crippen molar-refractivity contribution in [1.82, 2.24) is 4.90 Å². The number of nitrogens with zero attached hydrogens (tertiary/aromatic N) is 1. The van der Waals surface area contributed by atoms with Crippen molar-refractivity contribution in [3.63, 3.8) is 0 Å². The first-order valence-corrected chi connectivity index (χ1v) is 4.79. The maximum absolute atomic E-state index is 13.0. The van der Waals surface area contributed by atoms with Gasteiger partial charge in [0.2, 0.25) is 0 Å². The predicted molar refractivity (Wildman–Crippen MR) is 56.4 cm³/mol. The van der Waals surface area contributed by atoms with Gasteiger partial charge in [-0.15, -0.1) is 0 Å². The van der Waals surface area contributed by atoms with E-state index in [0.29, 0.717) is 18.8 Å². The van der Waals surface area contributed by atoms with Crippen molar-refractivity contribution < 1.29 is 14.2 Å². The summed E-state index contributed by atoms with van der Waals surface area (Å²) in [7, 11) is 3.42. The monoisotopic (exact) mass is 213 g/mol. The number of hydrogen-bond donors (Lipinski definition) is 1. The predicted octanol–water partition coefficient (Wildman–Crippen LogP) is 1.26. The number of hydrogen-bond acceptors (Lipinski definition) is 3. The highest BCUT2D eigenvalue weighted by Crippen LogP contribution is 2.20. The first kappa shape index (κ1) is 11.9. The van der Waals surface area contributed by atoms with Gasteiger partial charge in [0, 0.05) is 18.7 Å². The minimum atomic E-state index is -0.275. The van der Waals surface area contributed by atoms with Crippen molar-refractivity contribution in [2.24, 2.45) is 0 Å². The molecule has 0 saturated carbocycles. The van der Waals surface area contributed by atoms with Crippen molar-refractivity contribution in [3.05, 3.63) is 29.6 Å². The lowest BCUT2D eigenvalue weighted by molar-refractivity contribution is 0.215. The fourth-order valence-electron chi connectivity index (χ4n) is 1.41. The van der Waals surface area contributed by atoms with E-state index in [2.05, 4.69) is 0 Å². The Morgan fingerprint density at radius 2 is 2.20 bits per heavy atom. The zero-order valence-corrected chi connectivity index (χ0v) is 9.03. The molecule has 0 unspecified atom stereocenters. The van der Waals surface area contributed by atoms with E-state index in [1.54, 1.807) is 13.2 Å². The second kappa shape index (κ2) is 5.68. The molecule has 0 heterocycles. The standard InChI is InChI=1S/C11H16FNO2/c1-13(5-6-14)8-9-7-10(12)3-4-11(9)15-2/h3-4,7,14H,5-6,8H2,1-2H3. The average molecular weight is 213 g/mol. The maximum Gasteiger partial charge on any atom is 0.123 e. The Labute approximate surface area is 89.1 Å².